The number of nitrogens with one attached hydrogen (secondary N) is 1. The van der Waals surface area contributed by atoms with Crippen molar-refractivity contribution in [1.82, 2.24) is 0 Å². The zero-order valence-corrected chi connectivity index (χ0v) is 3.63. The van der Waals surface area contributed by atoms with Crippen LogP contribution in [0.1, 0.15) is 0 Å². The Labute approximate surface area is 68.6 Å². The van der Waals surface area contributed by atoms with Gasteiger partial charge in [-0.2, -0.15) is 0 Å². The molecule has 0 spiro atoms. The van der Waals surface area contributed by atoms with E-state index in [9.17, 15) is 0 Å². The van der Waals surface area contributed by atoms with Crippen LogP contribution in [0.25, 0.3) is 0 Å². The van der Waals surface area contributed by atoms with Crippen LogP contribution in [0.3, 0.4) is 0 Å². The van der Waals surface area contributed by atoms with Crippen LogP contribution in [0.4, 0.5) is 0 Å². The summed E-state index contributed by atoms with van der Waals surface area (Å²) in [5, 5.41) is 23.6. The number of hydrogen-bond acceptors (Lipinski definition) is 4. The third-order valence-electron chi connectivity index (χ3n) is 0.1000. The van der Waals surface area contributed by atoms with E-state index < -0.39 is 0 Å². The molecule has 0 aromatic carbocycles. The van der Waals surface area contributed by atoms with Gasteiger partial charge in [0.05, 0.1) is 13.2 Å². The molecule has 8 heavy (non-hydrogen) atoms. The van der Waals surface area contributed by atoms with E-state index in [1.807, 2.05) is 0 Å². The predicted octanol–water partition coefficient (Wildman–Crippen LogP) is -3.35. The van der Waals surface area contributed by atoms with Gasteiger partial charge in [-0.15, -0.1) is 0 Å². The summed E-state index contributed by atoms with van der Waals surface area (Å²) < 4.78 is 0. The van der Waals surface area contributed by atoms with Crippen LogP contribution < -0.4 is 5.34 Å². The van der Waals surface area contributed by atoms with Gasteiger partial charge in [-0.05, 0) is 0 Å². The first-order valence-electron chi connectivity index (χ1n) is 1.54. The Balaban J connectivity index is -0.0000000575. The van der Waals surface area contributed by atoms with Gasteiger partial charge in [0.15, 0.2) is 0 Å². The van der Waals surface area contributed by atoms with Crippen molar-refractivity contribution >= 4 is 29.6 Å². The van der Waals surface area contributed by atoms with Crippen LogP contribution in [-0.2, 0) is 0 Å². The molecule has 0 fully saturated rings. The number of hydrogen-bond donors (Lipinski definition) is 3. The third-order valence-corrected chi connectivity index (χ3v) is 0.1000. The summed E-state index contributed by atoms with van der Waals surface area (Å²) in [6, 6.07) is 0. The maximum atomic E-state index is 8.12. The Kier molecular flexibility index (Phi) is 52.2. The Morgan fingerprint density at radius 2 is 1.50 bits per heavy atom. The topological polar surface area (TPSA) is 94.6 Å². The first kappa shape index (κ1) is 15.8. The average molecular weight is 133 g/mol. The van der Waals surface area contributed by atoms with Crippen molar-refractivity contribution in [3.63, 3.8) is 0 Å². The van der Waals surface area contributed by atoms with E-state index in [4.69, 9.17) is 20.3 Å². The summed E-state index contributed by atoms with van der Waals surface area (Å²) in [5.74, 6) is 0. The summed E-state index contributed by atoms with van der Waals surface area (Å²) in [7, 11) is 0. The first-order chi connectivity index (χ1) is 3.33. The first-order valence-corrected chi connectivity index (χ1v) is 1.54. The second-order valence-electron chi connectivity index (χ2n) is 0.531. The molecule has 0 atom stereocenters. The normalized spacial score (nSPS) is 5.25. The number of aliphatic hydroxyl groups excluding tert-OH is 2. The number of aliphatic hydroxyl groups is 2. The quantitative estimate of drug-likeness (QED) is 0.198. The van der Waals surface area contributed by atoms with E-state index >= 15 is 0 Å². The molecule has 0 aliphatic carbocycles. The van der Waals surface area contributed by atoms with Crippen molar-refractivity contribution in [3.05, 3.63) is 10.1 Å². The van der Waals surface area contributed by atoms with Gasteiger partial charge < -0.3 is 10.2 Å². The molecule has 0 bridgehead atoms. The fourth-order valence-electron chi connectivity index (χ4n) is 0. The van der Waals surface area contributed by atoms with Crippen LogP contribution in [0.2, 0.25) is 0 Å². The van der Waals surface area contributed by atoms with E-state index in [-0.39, 0.29) is 48.1 Å². The van der Waals surface area contributed by atoms with Gasteiger partial charge in [-0.25, -0.2) is 0 Å². The van der Waals surface area contributed by atoms with E-state index in [0.29, 0.717) is 0 Å². The van der Waals surface area contributed by atoms with Gasteiger partial charge >= 0.3 is 29.6 Å². The zero-order valence-electron chi connectivity index (χ0n) is 3.63. The van der Waals surface area contributed by atoms with Gasteiger partial charge in [-0.1, -0.05) is 0 Å². The Bertz CT molecular complexity index is 33.2. The van der Waals surface area contributed by atoms with E-state index in [2.05, 4.69) is 0 Å². The van der Waals surface area contributed by atoms with E-state index in [1.54, 1.807) is 0 Å². The SMILES string of the molecule is O=[NH+][O-].OCCO.[NaH]. The van der Waals surface area contributed by atoms with Crippen LogP contribution in [0.5, 0.6) is 0 Å². The summed E-state index contributed by atoms with van der Waals surface area (Å²) in [5.41, 5.74) is 0. The van der Waals surface area contributed by atoms with Gasteiger partial charge in [-0.3, -0.25) is 10.1 Å². The van der Waals surface area contributed by atoms with Crippen molar-refractivity contribution < 1.29 is 15.6 Å². The van der Waals surface area contributed by atoms with Crippen molar-refractivity contribution in [2.45, 2.75) is 0 Å². The molecule has 3 N–H and O–H groups in total. The van der Waals surface area contributed by atoms with Crippen molar-refractivity contribution in [2.75, 3.05) is 13.2 Å². The van der Waals surface area contributed by atoms with Gasteiger partial charge in [0, 0.05) is 5.34 Å². The third kappa shape index (κ3) is 103. The second-order valence-corrected chi connectivity index (χ2v) is 0.531. The Morgan fingerprint density at radius 1 is 1.38 bits per heavy atom. The molecule has 0 radical (unpaired) electrons. The molecular weight excluding hydrogens is 125 g/mol. The van der Waals surface area contributed by atoms with Crippen molar-refractivity contribution in [1.29, 1.82) is 0 Å². The molecule has 6 heteroatoms. The summed E-state index contributed by atoms with van der Waals surface area (Å²) >= 11 is 0. The van der Waals surface area contributed by atoms with Gasteiger partial charge in [0.1, 0.15) is 0 Å². The predicted molar refractivity (Wildman–Crippen MR) is 29.0 cm³/mol. The molecule has 0 saturated carbocycles. The molecular formula is C2H8NNaO4. The van der Waals surface area contributed by atoms with Crippen molar-refractivity contribution in [3.8, 4) is 0 Å². The molecule has 0 aliphatic heterocycles. The average Bonchev–Trinajstić information content (AvgIpc) is 1.69. The molecule has 0 amide bonds. The molecule has 46 valence electrons. The molecule has 5 nitrogen and oxygen atoms in total. The van der Waals surface area contributed by atoms with E-state index in [0.717, 1.165) is 0 Å². The van der Waals surface area contributed by atoms with Crippen LogP contribution in [0.15, 0.2) is 0 Å². The minimum absolute atomic E-state index is 0. The minimum atomic E-state index is -0.125. The summed E-state index contributed by atoms with van der Waals surface area (Å²) in [6.07, 6.45) is 0. The summed E-state index contributed by atoms with van der Waals surface area (Å²) in [4.78, 5) is 8.12. The zero-order chi connectivity index (χ0) is 6.12. The molecule has 0 saturated heterocycles. The number of rotatable bonds is 1. The molecule has 0 unspecified atom stereocenters. The Morgan fingerprint density at radius 3 is 1.50 bits per heavy atom. The maximum absolute atomic E-state index is 8.12. The van der Waals surface area contributed by atoms with Crippen molar-refractivity contribution in [2.24, 2.45) is 0 Å². The molecule has 0 aromatic rings. The molecule has 0 aliphatic rings. The standard InChI is InChI=1S/C2H6O2.HNO2.Na.H/c3-1-2-4;2-1-3;;/h3-4H,1-2H2;1H;;. The second kappa shape index (κ2) is 26.5. The monoisotopic (exact) mass is 133 g/mol. The van der Waals surface area contributed by atoms with E-state index in [1.165, 1.54) is 0 Å². The fraction of sp³-hybridized carbons (Fsp3) is 1.00. The van der Waals surface area contributed by atoms with Crippen LogP contribution in [-0.4, -0.2) is 53.0 Å². The van der Waals surface area contributed by atoms with Gasteiger partial charge in [0.2, 0.25) is 0 Å². The molecule has 0 heterocycles. The molecule has 0 aromatic heterocycles. The van der Waals surface area contributed by atoms with Crippen LogP contribution >= 0.6 is 0 Å². The van der Waals surface area contributed by atoms with Gasteiger partial charge in [0.25, 0.3) is 0 Å². The molecule has 0 rings (SSSR count). The Hall–Kier alpha value is 0.320. The summed E-state index contributed by atoms with van der Waals surface area (Å²) in [6.45, 7) is -0.250. The van der Waals surface area contributed by atoms with Crippen LogP contribution in [0, 0.1) is 10.1 Å². The fourth-order valence-corrected chi connectivity index (χ4v) is 0.